The third-order valence-electron chi connectivity index (χ3n) is 5.31. The first kappa shape index (κ1) is 18.5. The highest BCUT2D eigenvalue weighted by atomic mass is 19.1. The quantitative estimate of drug-likeness (QED) is 0.713. The summed E-state index contributed by atoms with van der Waals surface area (Å²) in [7, 11) is 0. The summed E-state index contributed by atoms with van der Waals surface area (Å²) in [5.41, 5.74) is 3.17. The first-order valence-electron chi connectivity index (χ1n) is 9.55. The number of nitrogens with one attached hydrogen (secondary N) is 2. The summed E-state index contributed by atoms with van der Waals surface area (Å²) in [6.45, 7) is 3.29. The summed E-state index contributed by atoms with van der Waals surface area (Å²) in [6, 6.07) is 9.56. The molecule has 2 heterocycles. The number of aromatic nitrogens is 1. The van der Waals surface area contributed by atoms with Gasteiger partial charge in [-0.05, 0) is 61.2 Å². The predicted octanol–water partition coefficient (Wildman–Crippen LogP) is 4.08. The molecule has 0 spiro atoms. The second-order valence-corrected chi connectivity index (χ2v) is 7.49. The van der Waals surface area contributed by atoms with E-state index in [1.54, 1.807) is 18.3 Å². The van der Waals surface area contributed by atoms with Crippen molar-refractivity contribution in [1.82, 2.24) is 10.3 Å². The van der Waals surface area contributed by atoms with Gasteiger partial charge in [-0.25, -0.2) is 8.78 Å². The first-order valence-corrected chi connectivity index (χ1v) is 9.55. The number of aryl methyl sites for hydroxylation is 1. The van der Waals surface area contributed by atoms with Gasteiger partial charge < -0.3 is 15.2 Å². The molecule has 2 aromatic carbocycles. The molecule has 146 valence electrons. The lowest BCUT2D eigenvalue weighted by Crippen LogP contribution is -2.48. The summed E-state index contributed by atoms with van der Waals surface area (Å²) in [4.78, 5) is 17.6. The fraction of sp³-hybridized carbons (Fsp3) is 0.318. The van der Waals surface area contributed by atoms with Crippen LogP contribution in [-0.2, 0) is 11.2 Å². The van der Waals surface area contributed by atoms with Gasteiger partial charge in [0.25, 0.3) is 0 Å². The van der Waals surface area contributed by atoms with Gasteiger partial charge in [0.15, 0.2) is 0 Å². The van der Waals surface area contributed by atoms with Crippen LogP contribution in [0, 0.1) is 18.6 Å². The van der Waals surface area contributed by atoms with E-state index >= 15 is 0 Å². The number of H-pyrrole nitrogens is 1. The van der Waals surface area contributed by atoms with Crippen molar-refractivity contribution in [3.8, 4) is 0 Å². The highest BCUT2D eigenvalue weighted by Gasteiger charge is 2.23. The van der Waals surface area contributed by atoms with E-state index in [4.69, 9.17) is 0 Å². The van der Waals surface area contributed by atoms with Crippen LogP contribution in [0.1, 0.15) is 24.0 Å². The molecule has 1 aromatic heterocycles. The first-order chi connectivity index (χ1) is 13.5. The number of amides is 1. The monoisotopic (exact) mass is 383 g/mol. The standard InChI is InChI=1S/C22H23F2N3O/c1-14-4-6-19(24)21(9-14)27-8-2-3-17(13-27)26-22(28)10-15-12-25-20-7-5-16(23)11-18(15)20/h4-7,9,11-12,17,25H,2-3,8,10,13H2,1H3,(H,26,28). The maximum Gasteiger partial charge on any atom is 0.224 e. The zero-order chi connectivity index (χ0) is 19.7. The van der Waals surface area contributed by atoms with Crippen molar-refractivity contribution in [2.45, 2.75) is 32.2 Å². The van der Waals surface area contributed by atoms with Crippen LogP contribution in [0.5, 0.6) is 0 Å². The van der Waals surface area contributed by atoms with Crippen molar-refractivity contribution in [2.24, 2.45) is 0 Å². The minimum atomic E-state index is -0.322. The Morgan fingerprint density at radius 2 is 2.11 bits per heavy atom. The number of hydrogen-bond acceptors (Lipinski definition) is 2. The molecule has 0 aliphatic carbocycles. The molecular formula is C22H23F2N3O. The normalized spacial score (nSPS) is 17.1. The van der Waals surface area contributed by atoms with Gasteiger partial charge in [0.2, 0.25) is 5.91 Å². The number of piperidine rings is 1. The number of benzene rings is 2. The molecule has 3 aromatic rings. The Labute approximate surface area is 162 Å². The third kappa shape index (κ3) is 3.86. The van der Waals surface area contributed by atoms with Gasteiger partial charge in [-0.1, -0.05) is 6.07 Å². The number of carbonyl (C=O) groups excluding carboxylic acids is 1. The van der Waals surface area contributed by atoms with E-state index in [-0.39, 0.29) is 30.0 Å². The lowest BCUT2D eigenvalue weighted by molar-refractivity contribution is -0.121. The van der Waals surface area contributed by atoms with Crippen LogP contribution in [0.15, 0.2) is 42.6 Å². The minimum Gasteiger partial charge on any atom is -0.367 e. The number of aromatic amines is 1. The second-order valence-electron chi connectivity index (χ2n) is 7.49. The Kier molecular flexibility index (Phi) is 5.03. The Bertz CT molecular complexity index is 1010. The zero-order valence-electron chi connectivity index (χ0n) is 15.8. The lowest BCUT2D eigenvalue weighted by atomic mass is 10.0. The molecule has 0 radical (unpaired) electrons. The molecule has 1 unspecified atom stereocenters. The van der Waals surface area contributed by atoms with E-state index in [0.29, 0.717) is 12.2 Å². The molecular weight excluding hydrogens is 360 g/mol. The van der Waals surface area contributed by atoms with Gasteiger partial charge in [0.05, 0.1) is 12.1 Å². The third-order valence-corrected chi connectivity index (χ3v) is 5.31. The summed E-state index contributed by atoms with van der Waals surface area (Å²) < 4.78 is 27.7. The smallest absolute Gasteiger partial charge is 0.224 e. The summed E-state index contributed by atoms with van der Waals surface area (Å²) in [6.07, 6.45) is 3.67. The molecule has 6 heteroatoms. The second kappa shape index (κ2) is 7.62. The summed E-state index contributed by atoms with van der Waals surface area (Å²) >= 11 is 0. The van der Waals surface area contributed by atoms with Gasteiger partial charge in [-0.3, -0.25) is 4.79 Å². The molecule has 1 atom stereocenters. The van der Waals surface area contributed by atoms with Crippen molar-refractivity contribution in [2.75, 3.05) is 18.0 Å². The molecule has 1 fully saturated rings. The fourth-order valence-electron chi connectivity index (χ4n) is 3.93. The number of fused-ring (bicyclic) bond motifs is 1. The number of rotatable bonds is 4. The number of halogens is 2. The summed E-state index contributed by atoms with van der Waals surface area (Å²) in [5, 5.41) is 3.78. The number of nitrogens with zero attached hydrogens (tertiary/aromatic N) is 1. The molecule has 1 saturated heterocycles. The number of hydrogen-bond donors (Lipinski definition) is 2. The minimum absolute atomic E-state index is 0.0388. The van der Waals surface area contributed by atoms with Crippen LogP contribution in [0.2, 0.25) is 0 Å². The van der Waals surface area contributed by atoms with E-state index in [1.807, 2.05) is 17.9 Å². The predicted molar refractivity (Wildman–Crippen MR) is 106 cm³/mol. The average Bonchev–Trinajstić information content (AvgIpc) is 3.05. The Morgan fingerprint density at radius 3 is 2.96 bits per heavy atom. The van der Waals surface area contributed by atoms with Crippen LogP contribution < -0.4 is 10.2 Å². The van der Waals surface area contributed by atoms with Crippen LogP contribution in [0.3, 0.4) is 0 Å². The van der Waals surface area contributed by atoms with E-state index in [1.165, 1.54) is 18.2 Å². The molecule has 4 rings (SSSR count). The molecule has 1 aliphatic rings. The molecule has 2 N–H and O–H groups in total. The number of anilines is 1. The highest BCUT2D eigenvalue weighted by molar-refractivity contribution is 5.89. The van der Waals surface area contributed by atoms with Gasteiger partial charge in [0, 0.05) is 36.2 Å². The van der Waals surface area contributed by atoms with Crippen molar-refractivity contribution in [1.29, 1.82) is 0 Å². The summed E-state index contributed by atoms with van der Waals surface area (Å²) in [5.74, 6) is -0.669. The van der Waals surface area contributed by atoms with Crippen LogP contribution in [0.4, 0.5) is 14.5 Å². The Balaban J connectivity index is 1.42. The number of carbonyl (C=O) groups is 1. The molecule has 0 saturated carbocycles. The van der Waals surface area contributed by atoms with E-state index in [0.717, 1.165) is 41.4 Å². The SMILES string of the molecule is Cc1ccc(F)c(N2CCCC(NC(=O)Cc3c[nH]c4ccc(F)cc34)C2)c1. The largest absolute Gasteiger partial charge is 0.367 e. The molecule has 1 aliphatic heterocycles. The van der Waals surface area contributed by atoms with Crippen molar-refractivity contribution < 1.29 is 13.6 Å². The molecule has 1 amide bonds. The van der Waals surface area contributed by atoms with Gasteiger partial charge in [-0.2, -0.15) is 0 Å². The highest BCUT2D eigenvalue weighted by Crippen LogP contribution is 2.25. The Morgan fingerprint density at radius 1 is 1.25 bits per heavy atom. The topological polar surface area (TPSA) is 48.1 Å². The van der Waals surface area contributed by atoms with Crippen molar-refractivity contribution in [3.63, 3.8) is 0 Å². The molecule has 4 nitrogen and oxygen atoms in total. The van der Waals surface area contributed by atoms with E-state index in [9.17, 15) is 13.6 Å². The van der Waals surface area contributed by atoms with Crippen LogP contribution in [-0.4, -0.2) is 30.0 Å². The van der Waals surface area contributed by atoms with Gasteiger partial charge in [-0.15, -0.1) is 0 Å². The molecule has 28 heavy (non-hydrogen) atoms. The maximum absolute atomic E-state index is 14.2. The maximum atomic E-state index is 14.2. The van der Waals surface area contributed by atoms with Crippen molar-refractivity contribution in [3.05, 3.63) is 65.4 Å². The fourth-order valence-corrected chi connectivity index (χ4v) is 3.93. The van der Waals surface area contributed by atoms with Crippen molar-refractivity contribution >= 4 is 22.5 Å². The van der Waals surface area contributed by atoms with Gasteiger partial charge in [0.1, 0.15) is 11.6 Å². The van der Waals surface area contributed by atoms with E-state index < -0.39 is 0 Å². The van der Waals surface area contributed by atoms with Gasteiger partial charge >= 0.3 is 0 Å². The lowest BCUT2D eigenvalue weighted by Gasteiger charge is -2.35. The Hall–Kier alpha value is -2.89. The van der Waals surface area contributed by atoms with E-state index in [2.05, 4.69) is 10.3 Å². The molecule has 0 bridgehead atoms. The zero-order valence-corrected chi connectivity index (χ0v) is 15.8. The average molecular weight is 383 g/mol. The van der Waals surface area contributed by atoms with Crippen LogP contribution >= 0.6 is 0 Å². The van der Waals surface area contributed by atoms with Crippen LogP contribution in [0.25, 0.3) is 10.9 Å².